The Balaban J connectivity index is 1.77. The smallest absolute Gasteiger partial charge is 0.315 e. The topological polar surface area (TPSA) is 64.6 Å². The van der Waals surface area contributed by atoms with Gasteiger partial charge in [0.05, 0.1) is 14.2 Å². The number of rotatable bonds is 4. The molecule has 156 valence electrons. The van der Waals surface area contributed by atoms with E-state index in [4.69, 9.17) is 9.47 Å². The van der Waals surface area contributed by atoms with Gasteiger partial charge in [-0.15, -0.1) is 11.3 Å². The Hall–Kier alpha value is -2.86. The molecule has 0 radical (unpaired) electrons. The normalized spacial score (nSPS) is 23.6. The van der Waals surface area contributed by atoms with Crippen LogP contribution >= 0.6 is 11.3 Å². The molecule has 0 fully saturated rings. The fourth-order valence-corrected chi connectivity index (χ4v) is 5.54. The van der Waals surface area contributed by atoms with Crippen LogP contribution in [0.2, 0.25) is 0 Å². The van der Waals surface area contributed by atoms with Crippen LogP contribution in [0.4, 0.5) is 0 Å². The second-order valence-corrected chi connectivity index (χ2v) is 9.09. The first-order valence-corrected chi connectivity index (χ1v) is 10.7. The quantitative estimate of drug-likeness (QED) is 0.736. The van der Waals surface area contributed by atoms with E-state index in [1.54, 1.807) is 18.4 Å². The van der Waals surface area contributed by atoms with Crippen LogP contribution in [-0.2, 0) is 14.3 Å². The van der Waals surface area contributed by atoms with E-state index in [0.717, 1.165) is 26.8 Å². The summed E-state index contributed by atoms with van der Waals surface area (Å²) in [6.07, 6.45) is 1.08. The van der Waals surface area contributed by atoms with Crippen molar-refractivity contribution in [3.05, 3.63) is 75.3 Å². The van der Waals surface area contributed by atoms with Crippen molar-refractivity contribution < 1.29 is 19.1 Å². The Morgan fingerprint density at radius 1 is 1.20 bits per heavy atom. The van der Waals surface area contributed by atoms with E-state index in [0.29, 0.717) is 24.1 Å². The number of ether oxygens (including phenoxy) is 2. The van der Waals surface area contributed by atoms with Crippen LogP contribution in [0.15, 0.2) is 59.9 Å². The third-order valence-corrected chi connectivity index (χ3v) is 7.01. The lowest BCUT2D eigenvalue weighted by Crippen LogP contribution is -2.41. The molecule has 2 aromatic rings. The SMILES string of the molecule is C=C1NC2=C(C(=O)CC(c3cccc(OC)c3)C2)C(c2ccc(C)s2)C1C(=O)OC. The third kappa shape index (κ3) is 3.56. The lowest BCUT2D eigenvalue weighted by molar-refractivity contribution is -0.144. The van der Waals surface area contributed by atoms with Crippen molar-refractivity contribution >= 4 is 23.1 Å². The number of aryl methyl sites for hydroxylation is 1. The molecule has 1 aliphatic heterocycles. The summed E-state index contributed by atoms with van der Waals surface area (Å²) in [5, 5.41) is 3.29. The van der Waals surface area contributed by atoms with Crippen molar-refractivity contribution in [2.24, 2.45) is 5.92 Å². The van der Waals surface area contributed by atoms with Crippen molar-refractivity contribution in [2.75, 3.05) is 14.2 Å². The first kappa shape index (κ1) is 20.4. The number of nitrogens with one attached hydrogen (secondary N) is 1. The highest BCUT2D eigenvalue weighted by Crippen LogP contribution is 2.48. The Morgan fingerprint density at radius 2 is 2.00 bits per heavy atom. The Labute approximate surface area is 180 Å². The van der Waals surface area contributed by atoms with Gasteiger partial charge in [0.15, 0.2) is 5.78 Å². The highest BCUT2D eigenvalue weighted by Gasteiger charge is 2.45. The molecule has 0 saturated carbocycles. The number of methoxy groups -OCH3 is 2. The summed E-state index contributed by atoms with van der Waals surface area (Å²) in [7, 11) is 3.01. The summed E-state index contributed by atoms with van der Waals surface area (Å²) < 4.78 is 10.4. The van der Waals surface area contributed by atoms with Gasteiger partial charge in [-0.1, -0.05) is 18.7 Å². The zero-order valence-electron chi connectivity index (χ0n) is 17.4. The van der Waals surface area contributed by atoms with Crippen LogP contribution in [0.5, 0.6) is 5.75 Å². The maximum atomic E-state index is 13.4. The number of carbonyl (C=O) groups excluding carboxylic acids is 2. The fraction of sp³-hybridized carbons (Fsp3) is 0.333. The molecule has 2 aliphatic rings. The highest BCUT2D eigenvalue weighted by atomic mass is 32.1. The molecule has 3 unspecified atom stereocenters. The van der Waals surface area contributed by atoms with Crippen LogP contribution in [0.3, 0.4) is 0 Å². The van der Waals surface area contributed by atoms with Crippen LogP contribution in [-0.4, -0.2) is 26.0 Å². The van der Waals surface area contributed by atoms with Gasteiger partial charge in [0.25, 0.3) is 0 Å². The second-order valence-electron chi connectivity index (χ2n) is 7.77. The Morgan fingerprint density at radius 3 is 2.67 bits per heavy atom. The second kappa shape index (κ2) is 8.11. The number of benzene rings is 1. The van der Waals surface area contributed by atoms with Gasteiger partial charge in [0, 0.05) is 39.1 Å². The minimum atomic E-state index is -0.621. The molecule has 2 heterocycles. The number of carbonyl (C=O) groups is 2. The molecule has 1 aromatic carbocycles. The average Bonchev–Trinajstić information content (AvgIpc) is 3.18. The molecule has 3 atom stereocenters. The molecule has 0 amide bonds. The largest absolute Gasteiger partial charge is 0.497 e. The van der Waals surface area contributed by atoms with E-state index in [1.807, 2.05) is 43.3 Å². The van der Waals surface area contributed by atoms with Crippen molar-refractivity contribution in [1.82, 2.24) is 5.32 Å². The van der Waals surface area contributed by atoms with Crippen LogP contribution in [0.25, 0.3) is 0 Å². The Kier molecular flexibility index (Phi) is 5.52. The number of hydrogen-bond acceptors (Lipinski definition) is 6. The molecule has 0 bridgehead atoms. The summed E-state index contributed by atoms with van der Waals surface area (Å²) in [5.41, 5.74) is 3.20. The zero-order valence-corrected chi connectivity index (χ0v) is 18.2. The number of Topliss-reactive ketones (excluding diaryl/α,β-unsaturated/α-hetero) is 1. The van der Waals surface area contributed by atoms with Gasteiger partial charge in [-0.25, -0.2) is 0 Å². The minimum Gasteiger partial charge on any atom is -0.497 e. The third-order valence-electron chi connectivity index (χ3n) is 5.93. The standard InChI is InChI=1S/C24H25NO4S/c1-13-8-9-20(30-13)23-21(24(27)29-4)14(2)25-18-11-16(12-19(26)22(18)23)15-6-5-7-17(10-15)28-3/h5-10,16,21,23,25H,2,11-12H2,1,3-4H3. The van der Waals surface area contributed by atoms with E-state index >= 15 is 0 Å². The summed E-state index contributed by atoms with van der Waals surface area (Å²) in [6, 6.07) is 11.9. The average molecular weight is 424 g/mol. The van der Waals surface area contributed by atoms with Crippen molar-refractivity contribution in [3.63, 3.8) is 0 Å². The van der Waals surface area contributed by atoms with Crippen molar-refractivity contribution in [2.45, 2.75) is 31.6 Å². The van der Waals surface area contributed by atoms with Gasteiger partial charge >= 0.3 is 5.97 Å². The molecule has 1 N–H and O–H groups in total. The summed E-state index contributed by atoms with van der Waals surface area (Å²) in [5.74, 6) is -0.472. The molecular formula is C24H25NO4S. The first-order valence-electron chi connectivity index (χ1n) is 9.93. The summed E-state index contributed by atoms with van der Waals surface area (Å²) in [6.45, 7) is 6.14. The maximum Gasteiger partial charge on any atom is 0.315 e. The Bertz CT molecular complexity index is 1050. The molecule has 30 heavy (non-hydrogen) atoms. The van der Waals surface area contributed by atoms with E-state index < -0.39 is 5.92 Å². The maximum absolute atomic E-state index is 13.4. The number of hydrogen-bond donors (Lipinski definition) is 1. The number of ketones is 1. The molecule has 0 spiro atoms. The molecule has 0 saturated heterocycles. The van der Waals surface area contributed by atoms with Crippen LogP contribution in [0.1, 0.15) is 40.0 Å². The van der Waals surface area contributed by atoms with Crippen molar-refractivity contribution in [3.8, 4) is 5.75 Å². The number of allylic oxidation sites excluding steroid dienone is 2. The van der Waals surface area contributed by atoms with E-state index in [9.17, 15) is 9.59 Å². The molecule has 1 aromatic heterocycles. The minimum absolute atomic E-state index is 0.0482. The molecule has 6 heteroatoms. The summed E-state index contributed by atoms with van der Waals surface area (Å²) >= 11 is 1.61. The lowest BCUT2D eigenvalue weighted by atomic mass is 9.71. The number of esters is 1. The van der Waals surface area contributed by atoms with Crippen molar-refractivity contribution in [1.29, 1.82) is 0 Å². The molecular weight excluding hydrogens is 398 g/mol. The predicted molar refractivity (Wildman–Crippen MR) is 117 cm³/mol. The fourth-order valence-electron chi connectivity index (χ4n) is 4.51. The van der Waals surface area contributed by atoms with Gasteiger partial charge in [0.1, 0.15) is 11.7 Å². The zero-order chi connectivity index (χ0) is 21.4. The van der Waals surface area contributed by atoms with Gasteiger partial charge in [0.2, 0.25) is 0 Å². The van der Waals surface area contributed by atoms with E-state index in [1.165, 1.54) is 7.11 Å². The monoisotopic (exact) mass is 423 g/mol. The van der Waals surface area contributed by atoms with E-state index in [2.05, 4.69) is 11.9 Å². The number of thiophene rings is 1. The first-order chi connectivity index (χ1) is 14.4. The summed E-state index contributed by atoms with van der Waals surface area (Å²) in [4.78, 5) is 28.2. The molecule has 1 aliphatic carbocycles. The van der Waals surface area contributed by atoms with Gasteiger partial charge in [-0.3, -0.25) is 9.59 Å². The van der Waals surface area contributed by atoms with Gasteiger partial charge in [-0.2, -0.15) is 0 Å². The van der Waals surface area contributed by atoms with Gasteiger partial charge in [-0.05, 0) is 49.1 Å². The van der Waals surface area contributed by atoms with Gasteiger partial charge < -0.3 is 14.8 Å². The molecule has 5 nitrogen and oxygen atoms in total. The van der Waals surface area contributed by atoms with E-state index in [-0.39, 0.29) is 23.6 Å². The molecule has 4 rings (SSSR count). The highest BCUT2D eigenvalue weighted by molar-refractivity contribution is 7.12. The van der Waals surface area contributed by atoms with Crippen LogP contribution < -0.4 is 10.1 Å². The lowest BCUT2D eigenvalue weighted by Gasteiger charge is -2.39. The van der Waals surface area contributed by atoms with Crippen LogP contribution in [0, 0.1) is 12.8 Å². The predicted octanol–water partition coefficient (Wildman–Crippen LogP) is 4.46.